The molecule has 1 N–H and O–H groups in total. The summed E-state index contributed by atoms with van der Waals surface area (Å²) in [6.45, 7) is 1.97. The minimum atomic E-state index is 0.327. The van der Waals surface area contributed by atoms with Crippen molar-refractivity contribution in [2.75, 3.05) is 0 Å². The van der Waals surface area contributed by atoms with Gasteiger partial charge in [-0.3, -0.25) is 0 Å². The molecule has 0 aliphatic heterocycles. The van der Waals surface area contributed by atoms with Crippen LogP contribution >= 0.6 is 0 Å². The molecular formula is C12H11N3. The Morgan fingerprint density at radius 3 is 2.73 bits per heavy atom. The van der Waals surface area contributed by atoms with Gasteiger partial charge in [-0.25, -0.2) is 4.98 Å². The van der Waals surface area contributed by atoms with E-state index in [1.165, 1.54) is 0 Å². The Morgan fingerprint density at radius 2 is 2.07 bits per heavy atom. The predicted octanol–water partition coefficient (Wildman–Crippen LogP) is 2.45. The van der Waals surface area contributed by atoms with E-state index in [2.05, 4.69) is 16.0 Å². The summed E-state index contributed by atoms with van der Waals surface area (Å²) in [5.74, 6) is 0.730. The van der Waals surface area contributed by atoms with Crippen LogP contribution in [0.25, 0.3) is 11.3 Å². The van der Waals surface area contributed by atoms with Gasteiger partial charge in [-0.1, -0.05) is 30.3 Å². The molecule has 0 saturated heterocycles. The van der Waals surface area contributed by atoms with Crippen LogP contribution < -0.4 is 0 Å². The second kappa shape index (κ2) is 3.97. The van der Waals surface area contributed by atoms with Crippen LogP contribution in [0, 0.1) is 18.3 Å². The number of nitrogens with zero attached hydrogens (tertiary/aromatic N) is 2. The van der Waals surface area contributed by atoms with Crippen LogP contribution in [-0.2, 0) is 6.42 Å². The molecule has 0 amide bonds. The highest BCUT2D eigenvalue weighted by molar-refractivity contribution is 5.61. The zero-order chi connectivity index (χ0) is 10.7. The van der Waals surface area contributed by atoms with Crippen LogP contribution in [0.3, 0.4) is 0 Å². The molecule has 0 bridgehead atoms. The first-order valence-electron chi connectivity index (χ1n) is 4.79. The zero-order valence-corrected chi connectivity index (χ0v) is 8.49. The first kappa shape index (κ1) is 9.47. The molecule has 0 aliphatic rings. The number of H-pyrrole nitrogens is 1. The van der Waals surface area contributed by atoms with Gasteiger partial charge in [0.2, 0.25) is 0 Å². The van der Waals surface area contributed by atoms with E-state index >= 15 is 0 Å². The van der Waals surface area contributed by atoms with Crippen LogP contribution in [0.4, 0.5) is 0 Å². The summed E-state index contributed by atoms with van der Waals surface area (Å²) in [6.07, 6.45) is 0.327. The van der Waals surface area contributed by atoms with Crippen molar-refractivity contribution in [3.05, 3.63) is 41.9 Å². The lowest BCUT2D eigenvalue weighted by atomic mass is 10.1. The van der Waals surface area contributed by atoms with E-state index in [-0.39, 0.29) is 0 Å². The van der Waals surface area contributed by atoms with Gasteiger partial charge in [-0.2, -0.15) is 5.26 Å². The molecule has 1 aromatic heterocycles. The van der Waals surface area contributed by atoms with Crippen molar-refractivity contribution in [1.82, 2.24) is 9.97 Å². The van der Waals surface area contributed by atoms with Gasteiger partial charge < -0.3 is 4.98 Å². The first-order valence-corrected chi connectivity index (χ1v) is 4.79. The third-order valence-electron chi connectivity index (χ3n) is 2.23. The van der Waals surface area contributed by atoms with Gasteiger partial charge in [0, 0.05) is 11.3 Å². The van der Waals surface area contributed by atoms with Crippen LogP contribution in [0.15, 0.2) is 30.3 Å². The molecule has 74 valence electrons. The standard InChI is InChI=1S/C12H11N3/c1-9-12(10-5-3-2-4-6-10)15-11(14-9)7-8-13/h2-6H,7H2,1H3,(H,14,15). The van der Waals surface area contributed by atoms with Gasteiger partial charge in [-0.15, -0.1) is 0 Å². The van der Waals surface area contributed by atoms with Gasteiger partial charge >= 0.3 is 0 Å². The number of benzene rings is 1. The molecule has 0 fully saturated rings. The molecule has 0 saturated carbocycles. The lowest BCUT2D eigenvalue weighted by Gasteiger charge is -1.96. The molecule has 0 spiro atoms. The molecule has 0 atom stereocenters. The average molecular weight is 197 g/mol. The van der Waals surface area contributed by atoms with Gasteiger partial charge in [0.05, 0.1) is 18.2 Å². The number of nitriles is 1. The maximum absolute atomic E-state index is 8.58. The highest BCUT2D eigenvalue weighted by atomic mass is 14.9. The lowest BCUT2D eigenvalue weighted by Crippen LogP contribution is -1.83. The SMILES string of the molecule is Cc1[nH]c(CC#N)nc1-c1ccccc1. The third-order valence-corrected chi connectivity index (χ3v) is 2.23. The van der Waals surface area contributed by atoms with E-state index in [0.717, 1.165) is 22.8 Å². The number of aryl methyl sites for hydroxylation is 1. The van der Waals surface area contributed by atoms with Crippen LogP contribution in [0.5, 0.6) is 0 Å². The quantitative estimate of drug-likeness (QED) is 0.803. The highest BCUT2D eigenvalue weighted by Gasteiger charge is 2.07. The molecule has 2 aromatic rings. The first-order chi connectivity index (χ1) is 7.31. The van der Waals surface area contributed by atoms with E-state index in [0.29, 0.717) is 6.42 Å². The minimum Gasteiger partial charge on any atom is -0.345 e. The fraction of sp³-hybridized carbons (Fsp3) is 0.167. The number of hydrogen-bond donors (Lipinski definition) is 1. The van der Waals surface area contributed by atoms with Gasteiger partial charge in [0.1, 0.15) is 5.82 Å². The Balaban J connectivity index is 2.42. The number of rotatable bonds is 2. The molecule has 0 radical (unpaired) electrons. The maximum atomic E-state index is 8.58. The monoisotopic (exact) mass is 197 g/mol. The van der Waals surface area contributed by atoms with E-state index in [9.17, 15) is 0 Å². The van der Waals surface area contributed by atoms with Crippen molar-refractivity contribution in [2.45, 2.75) is 13.3 Å². The lowest BCUT2D eigenvalue weighted by molar-refractivity contribution is 1.05. The Labute approximate surface area is 88.4 Å². The molecule has 0 unspecified atom stereocenters. The van der Waals surface area contributed by atoms with E-state index < -0.39 is 0 Å². The van der Waals surface area contributed by atoms with Gasteiger partial charge in [0.25, 0.3) is 0 Å². The maximum Gasteiger partial charge on any atom is 0.121 e. The minimum absolute atomic E-state index is 0.327. The van der Waals surface area contributed by atoms with E-state index in [1.54, 1.807) is 0 Å². The summed E-state index contributed by atoms with van der Waals surface area (Å²) in [6, 6.07) is 12.0. The Kier molecular flexibility index (Phi) is 2.51. The Hall–Kier alpha value is -2.08. The third kappa shape index (κ3) is 1.89. The average Bonchev–Trinajstić information content (AvgIpc) is 2.61. The van der Waals surface area contributed by atoms with Crippen molar-refractivity contribution in [3.63, 3.8) is 0 Å². The molecular weight excluding hydrogens is 186 g/mol. The summed E-state index contributed by atoms with van der Waals surface area (Å²) >= 11 is 0. The molecule has 3 heteroatoms. The van der Waals surface area contributed by atoms with E-state index in [4.69, 9.17) is 5.26 Å². The second-order valence-electron chi connectivity index (χ2n) is 3.36. The van der Waals surface area contributed by atoms with Crippen LogP contribution in [-0.4, -0.2) is 9.97 Å². The zero-order valence-electron chi connectivity index (χ0n) is 8.49. The number of aromatic nitrogens is 2. The van der Waals surface area contributed by atoms with Crippen molar-refractivity contribution in [3.8, 4) is 17.3 Å². The van der Waals surface area contributed by atoms with Gasteiger partial charge in [0.15, 0.2) is 0 Å². The molecule has 15 heavy (non-hydrogen) atoms. The fourth-order valence-corrected chi connectivity index (χ4v) is 1.56. The summed E-state index contributed by atoms with van der Waals surface area (Å²) in [5.41, 5.74) is 3.02. The van der Waals surface area contributed by atoms with Crippen LogP contribution in [0.2, 0.25) is 0 Å². The molecule has 1 aromatic carbocycles. The van der Waals surface area contributed by atoms with Crippen molar-refractivity contribution in [1.29, 1.82) is 5.26 Å². The number of hydrogen-bond acceptors (Lipinski definition) is 2. The summed E-state index contributed by atoms with van der Waals surface area (Å²) in [4.78, 5) is 7.50. The summed E-state index contributed by atoms with van der Waals surface area (Å²) in [5, 5.41) is 8.58. The second-order valence-corrected chi connectivity index (χ2v) is 3.36. The molecule has 1 heterocycles. The molecule has 0 aliphatic carbocycles. The van der Waals surface area contributed by atoms with Crippen molar-refractivity contribution < 1.29 is 0 Å². The predicted molar refractivity (Wildman–Crippen MR) is 58.1 cm³/mol. The van der Waals surface area contributed by atoms with Gasteiger partial charge in [-0.05, 0) is 6.92 Å². The molecule has 2 rings (SSSR count). The normalized spacial score (nSPS) is 9.87. The highest BCUT2D eigenvalue weighted by Crippen LogP contribution is 2.20. The summed E-state index contributed by atoms with van der Waals surface area (Å²) in [7, 11) is 0. The topological polar surface area (TPSA) is 52.5 Å². The van der Waals surface area contributed by atoms with Crippen molar-refractivity contribution in [2.24, 2.45) is 0 Å². The van der Waals surface area contributed by atoms with E-state index in [1.807, 2.05) is 37.3 Å². The smallest absolute Gasteiger partial charge is 0.121 e. The Bertz CT molecular complexity index is 491. The number of aromatic amines is 1. The van der Waals surface area contributed by atoms with Crippen molar-refractivity contribution >= 4 is 0 Å². The summed E-state index contributed by atoms with van der Waals surface area (Å²) < 4.78 is 0. The largest absolute Gasteiger partial charge is 0.345 e. The number of nitrogens with one attached hydrogen (secondary N) is 1. The van der Waals surface area contributed by atoms with Crippen LogP contribution in [0.1, 0.15) is 11.5 Å². The number of imidazole rings is 1. The Morgan fingerprint density at radius 1 is 1.33 bits per heavy atom. The fourth-order valence-electron chi connectivity index (χ4n) is 1.56. The molecule has 3 nitrogen and oxygen atoms in total.